The van der Waals surface area contributed by atoms with Crippen molar-refractivity contribution in [3.05, 3.63) is 59.7 Å². The fourth-order valence-corrected chi connectivity index (χ4v) is 5.49. The third-order valence-electron chi connectivity index (χ3n) is 7.11. The van der Waals surface area contributed by atoms with E-state index in [1.54, 1.807) is 0 Å². The molecule has 0 aliphatic heterocycles. The molecule has 1 atom stereocenters. The van der Waals surface area contributed by atoms with Gasteiger partial charge >= 0.3 is 12.1 Å². The van der Waals surface area contributed by atoms with Crippen molar-refractivity contribution in [2.75, 3.05) is 6.61 Å². The van der Waals surface area contributed by atoms with Gasteiger partial charge in [-0.3, -0.25) is 4.79 Å². The number of hydrogen-bond donors (Lipinski definition) is 3. The molecular weight excluding hydrogens is 444 g/mol. The highest BCUT2D eigenvalue weighted by atomic mass is 16.5. The number of carboxylic acids is 1. The predicted molar refractivity (Wildman–Crippen MR) is 133 cm³/mol. The molecule has 2 aromatic carbocycles. The normalized spacial score (nSPS) is 16.9. The van der Waals surface area contributed by atoms with E-state index in [2.05, 4.69) is 34.9 Å². The average Bonchev–Trinajstić information content (AvgIpc) is 3.39. The molecule has 2 amide bonds. The van der Waals surface area contributed by atoms with Crippen LogP contribution < -0.4 is 10.6 Å². The van der Waals surface area contributed by atoms with Gasteiger partial charge in [0.05, 0.1) is 5.54 Å². The fraction of sp³-hybridized carbons (Fsp3) is 0.464. The molecule has 7 nitrogen and oxygen atoms in total. The third kappa shape index (κ3) is 5.66. The number of alkyl carbamates (subject to hydrolysis) is 1. The molecule has 2 aliphatic rings. The third-order valence-corrected chi connectivity index (χ3v) is 7.11. The molecule has 1 fully saturated rings. The van der Waals surface area contributed by atoms with Crippen LogP contribution in [0.1, 0.15) is 69.4 Å². The van der Waals surface area contributed by atoms with Crippen LogP contribution >= 0.6 is 0 Å². The van der Waals surface area contributed by atoms with Crippen molar-refractivity contribution in [1.82, 2.24) is 10.6 Å². The van der Waals surface area contributed by atoms with E-state index in [0.717, 1.165) is 35.1 Å². The monoisotopic (exact) mass is 478 g/mol. The smallest absolute Gasteiger partial charge is 0.407 e. The van der Waals surface area contributed by atoms with Gasteiger partial charge in [0, 0.05) is 12.3 Å². The maximum Gasteiger partial charge on any atom is 0.407 e. The summed E-state index contributed by atoms with van der Waals surface area (Å²) < 4.78 is 5.70. The lowest BCUT2D eigenvalue weighted by molar-refractivity contribution is -0.142. The van der Waals surface area contributed by atoms with Crippen molar-refractivity contribution in [3.63, 3.8) is 0 Å². The summed E-state index contributed by atoms with van der Waals surface area (Å²) in [6.07, 6.45) is 2.96. The van der Waals surface area contributed by atoms with Crippen molar-refractivity contribution in [2.24, 2.45) is 5.92 Å². The minimum absolute atomic E-state index is 0.0386. The molecule has 186 valence electrons. The maximum atomic E-state index is 12.9. The van der Waals surface area contributed by atoms with Gasteiger partial charge < -0.3 is 20.5 Å². The summed E-state index contributed by atoms with van der Waals surface area (Å²) in [5.41, 5.74) is 3.89. The molecule has 0 aromatic heterocycles. The Morgan fingerprint density at radius 1 is 1.00 bits per heavy atom. The first-order valence-corrected chi connectivity index (χ1v) is 12.4. The van der Waals surface area contributed by atoms with Crippen molar-refractivity contribution in [3.8, 4) is 11.1 Å². The summed E-state index contributed by atoms with van der Waals surface area (Å²) in [4.78, 5) is 37.2. The van der Waals surface area contributed by atoms with Gasteiger partial charge in [0.1, 0.15) is 12.6 Å². The zero-order valence-electron chi connectivity index (χ0n) is 20.4. The number of amides is 2. The summed E-state index contributed by atoms with van der Waals surface area (Å²) in [5, 5.41) is 15.1. The number of fused-ring (bicyclic) bond motifs is 3. The van der Waals surface area contributed by atoms with Crippen LogP contribution in [0.4, 0.5) is 4.79 Å². The first-order valence-electron chi connectivity index (χ1n) is 12.4. The van der Waals surface area contributed by atoms with E-state index in [4.69, 9.17) is 4.74 Å². The molecule has 0 saturated heterocycles. The highest BCUT2D eigenvalue weighted by Gasteiger charge is 2.39. The van der Waals surface area contributed by atoms with Crippen LogP contribution in [0.15, 0.2) is 48.5 Å². The van der Waals surface area contributed by atoms with Crippen LogP contribution in [0.25, 0.3) is 11.1 Å². The van der Waals surface area contributed by atoms with Crippen LogP contribution in [-0.4, -0.2) is 41.3 Å². The van der Waals surface area contributed by atoms with E-state index in [1.807, 2.05) is 38.1 Å². The molecule has 0 spiro atoms. The minimum Gasteiger partial charge on any atom is -0.480 e. The van der Waals surface area contributed by atoms with E-state index in [0.29, 0.717) is 19.3 Å². The van der Waals surface area contributed by atoms with Gasteiger partial charge in [0.25, 0.3) is 0 Å². The van der Waals surface area contributed by atoms with Crippen molar-refractivity contribution in [2.45, 2.75) is 69.9 Å². The minimum atomic E-state index is -1.04. The number of carbonyl (C=O) groups excluding carboxylic acids is 2. The number of hydrogen-bond acceptors (Lipinski definition) is 4. The number of ether oxygens (including phenoxy) is 1. The SMILES string of the molecule is CC(C)C[C@H](NC(=O)CC1(NC(=O)OCC2c3ccccc3-c3ccccc32)CCCC1)C(=O)O. The molecule has 0 radical (unpaired) electrons. The van der Waals surface area contributed by atoms with E-state index in [1.165, 1.54) is 0 Å². The van der Waals surface area contributed by atoms with Crippen molar-refractivity contribution >= 4 is 18.0 Å². The highest BCUT2D eigenvalue weighted by Crippen LogP contribution is 2.44. The number of carboxylic acid groups (broad SMARTS) is 1. The molecule has 0 heterocycles. The Hall–Kier alpha value is -3.35. The van der Waals surface area contributed by atoms with Crippen molar-refractivity contribution in [1.29, 1.82) is 0 Å². The lowest BCUT2D eigenvalue weighted by atomic mass is 9.92. The van der Waals surface area contributed by atoms with Gasteiger partial charge in [-0.1, -0.05) is 75.2 Å². The summed E-state index contributed by atoms with van der Waals surface area (Å²) in [7, 11) is 0. The van der Waals surface area contributed by atoms with Gasteiger partial charge in [0.15, 0.2) is 0 Å². The Morgan fingerprint density at radius 2 is 1.57 bits per heavy atom. The molecule has 0 unspecified atom stereocenters. The van der Waals surface area contributed by atoms with Gasteiger partial charge in [-0.05, 0) is 47.4 Å². The van der Waals surface area contributed by atoms with E-state index >= 15 is 0 Å². The lowest BCUT2D eigenvalue weighted by Gasteiger charge is -2.30. The van der Waals surface area contributed by atoms with Gasteiger partial charge in [0.2, 0.25) is 5.91 Å². The molecule has 35 heavy (non-hydrogen) atoms. The first kappa shape index (κ1) is 24.8. The maximum absolute atomic E-state index is 12.9. The highest BCUT2D eigenvalue weighted by molar-refractivity contribution is 5.85. The Morgan fingerprint density at radius 3 is 2.11 bits per heavy atom. The number of benzene rings is 2. The number of nitrogens with one attached hydrogen (secondary N) is 2. The van der Waals surface area contributed by atoms with Crippen molar-refractivity contribution < 1.29 is 24.2 Å². The molecule has 1 saturated carbocycles. The molecule has 0 bridgehead atoms. The molecule has 2 aromatic rings. The molecule has 4 rings (SSSR count). The quantitative estimate of drug-likeness (QED) is 0.478. The Labute approximate surface area is 206 Å². The second-order valence-electron chi connectivity index (χ2n) is 10.2. The first-order chi connectivity index (χ1) is 16.8. The summed E-state index contributed by atoms with van der Waals surface area (Å²) in [6, 6.07) is 15.4. The molecule has 7 heteroatoms. The number of carbonyl (C=O) groups is 3. The number of rotatable bonds is 9. The Kier molecular flexibility index (Phi) is 7.43. The predicted octanol–water partition coefficient (Wildman–Crippen LogP) is 4.84. The zero-order valence-corrected chi connectivity index (χ0v) is 20.4. The summed E-state index contributed by atoms with van der Waals surface area (Å²) in [6.45, 7) is 4.04. The second-order valence-corrected chi connectivity index (χ2v) is 10.2. The Bertz CT molecular complexity index is 1040. The van der Waals surface area contributed by atoms with Crippen LogP contribution in [0, 0.1) is 5.92 Å². The van der Waals surface area contributed by atoms with Gasteiger partial charge in [-0.25, -0.2) is 9.59 Å². The largest absolute Gasteiger partial charge is 0.480 e. The molecule has 3 N–H and O–H groups in total. The zero-order chi connectivity index (χ0) is 25.0. The lowest BCUT2D eigenvalue weighted by Crippen LogP contribution is -2.51. The molecular formula is C28H34N2O5. The summed E-state index contributed by atoms with van der Waals surface area (Å²) in [5.74, 6) is -1.31. The summed E-state index contributed by atoms with van der Waals surface area (Å²) >= 11 is 0. The second kappa shape index (κ2) is 10.5. The van der Waals surface area contributed by atoms with Crippen LogP contribution in [0.2, 0.25) is 0 Å². The van der Waals surface area contributed by atoms with Gasteiger partial charge in [-0.2, -0.15) is 0 Å². The van der Waals surface area contributed by atoms with E-state index in [9.17, 15) is 19.5 Å². The van der Waals surface area contributed by atoms with Crippen LogP contribution in [-0.2, 0) is 14.3 Å². The number of aliphatic carboxylic acids is 1. The molecule has 2 aliphatic carbocycles. The Balaban J connectivity index is 1.39. The fourth-order valence-electron chi connectivity index (χ4n) is 5.49. The van der Waals surface area contributed by atoms with Gasteiger partial charge in [-0.15, -0.1) is 0 Å². The van der Waals surface area contributed by atoms with Crippen LogP contribution in [0.5, 0.6) is 0 Å². The standard InChI is InChI=1S/C28H34N2O5/c1-18(2)15-24(26(32)33)29-25(31)16-28(13-7-8-14-28)30-27(34)35-17-23-21-11-5-3-9-19(21)20-10-4-6-12-22(20)23/h3-6,9-12,18,23-24H,7-8,13-17H2,1-2H3,(H,29,31)(H,30,34)(H,32,33)/t24-/m0/s1. The average molecular weight is 479 g/mol. The van der Waals surface area contributed by atoms with Crippen LogP contribution in [0.3, 0.4) is 0 Å². The van der Waals surface area contributed by atoms with E-state index < -0.39 is 23.6 Å². The van der Waals surface area contributed by atoms with E-state index in [-0.39, 0.29) is 30.8 Å². The topological polar surface area (TPSA) is 105 Å².